The van der Waals surface area contributed by atoms with E-state index in [2.05, 4.69) is 11.1 Å². The Morgan fingerprint density at radius 2 is 2.33 bits per heavy atom. The fourth-order valence-electron chi connectivity index (χ4n) is 1.64. The molecule has 0 saturated carbocycles. The van der Waals surface area contributed by atoms with Crippen LogP contribution in [0.25, 0.3) is 0 Å². The Bertz CT molecular complexity index is 262. The van der Waals surface area contributed by atoms with Gasteiger partial charge in [-0.05, 0) is 30.9 Å². The molecule has 0 bridgehead atoms. The van der Waals surface area contributed by atoms with Crippen LogP contribution in [0, 0.1) is 0 Å². The molecule has 2 N–H and O–H groups in total. The highest BCUT2D eigenvalue weighted by Gasteiger charge is 2.16. The van der Waals surface area contributed by atoms with Gasteiger partial charge >= 0.3 is 0 Å². The summed E-state index contributed by atoms with van der Waals surface area (Å²) >= 11 is 0. The van der Waals surface area contributed by atoms with Gasteiger partial charge in [-0.25, -0.2) is 0 Å². The van der Waals surface area contributed by atoms with Crippen LogP contribution >= 0.6 is 12.4 Å². The van der Waals surface area contributed by atoms with Gasteiger partial charge in [0.15, 0.2) is 0 Å². The van der Waals surface area contributed by atoms with E-state index >= 15 is 0 Å². The van der Waals surface area contributed by atoms with E-state index in [-0.39, 0.29) is 18.4 Å². The molecule has 2 rings (SSSR count). The largest absolute Gasteiger partial charge is 0.324 e. The van der Waals surface area contributed by atoms with Crippen molar-refractivity contribution in [2.24, 2.45) is 5.73 Å². The first-order valence-electron chi connectivity index (χ1n) is 4.07. The second-order valence-corrected chi connectivity index (χ2v) is 3.04. The van der Waals surface area contributed by atoms with Gasteiger partial charge in [0, 0.05) is 17.9 Å². The van der Waals surface area contributed by atoms with E-state index in [1.165, 1.54) is 17.7 Å². The molecule has 0 spiro atoms. The number of aryl methyl sites for hydroxylation is 1. The number of halogens is 1. The van der Waals surface area contributed by atoms with Crippen molar-refractivity contribution in [3.8, 4) is 0 Å². The topological polar surface area (TPSA) is 38.9 Å². The molecule has 0 saturated heterocycles. The van der Waals surface area contributed by atoms with Crippen LogP contribution in [0.5, 0.6) is 0 Å². The van der Waals surface area contributed by atoms with Gasteiger partial charge in [-0.2, -0.15) is 0 Å². The van der Waals surface area contributed by atoms with Gasteiger partial charge in [-0.1, -0.05) is 6.07 Å². The van der Waals surface area contributed by atoms with Crippen LogP contribution in [0.1, 0.15) is 30.1 Å². The first kappa shape index (κ1) is 9.49. The molecule has 1 heterocycles. The summed E-state index contributed by atoms with van der Waals surface area (Å²) in [4.78, 5) is 4.29. The molecule has 0 aliphatic heterocycles. The van der Waals surface area contributed by atoms with E-state index in [1.54, 1.807) is 0 Å². The van der Waals surface area contributed by atoms with Crippen molar-refractivity contribution in [3.63, 3.8) is 0 Å². The average Bonchev–Trinajstić information content (AvgIpc) is 2.06. The van der Waals surface area contributed by atoms with Crippen molar-refractivity contribution < 1.29 is 0 Å². The lowest BCUT2D eigenvalue weighted by atomic mass is 9.92. The Labute approximate surface area is 78.6 Å². The predicted molar refractivity (Wildman–Crippen MR) is 51.4 cm³/mol. The maximum Gasteiger partial charge on any atom is 0.0451 e. The first-order valence-corrected chi connectivity index (χ1v) is 4.07. The summed E-state index contributed by atoms with van der Waals surface area (Å²) in [7, 11) is 0. The lowest BCUT2D eigenvalue weighted by molar-refractivity contribution is 0.560. The minimum atomic E-state index is 0. The fraction of sp³-hybridized carbons (Fsp3) is 0.444. The molecule has 0 radical (unpaired) electrons. The number of pyridine rings is 1. The van der Waals surface area contributed by atoms with Crippen molar-refractivity contribution in [2.75, 3.05) is 0 Å². The van der Waals surface area contributed by atoms with Crippen LogP contribution in [0.2, 0.25) is 0 Å². The summed E-state index contributed by atoms with van der Waals surface area (Å²) in [6.07, 6.45) is 5.24. The zero-order chi connectivity index (χ0) is 7.68. The lowest BCUT2D eigenvalue weighted by Crippen LogP contribution is -2.17. The Morgan fingerprint density at radius 3 is 3.08 bits per heavy atom. The second kappa shape index (κ2) is 3.87. The van der Waals surface area contributed by atoms with Crippen molar-refractivity contribution >= 4 is 12.4 Å². The Balaban J connectivity index is 0.000000720. The number of nitrogens with two attached hydrogens (primary N) is 1. The minimum absolute atomic E-state index is 0. The summed E-state index contributed by atoms with van der Waals surface area (Å²) in [6.45, 7) is 0. The highest BCUT2D eigenvalue weighted by Crippen LogP contribution is 2.25. The van der Waals surface area contributed by atoms with Crippen LogP contribution in [-0.2, 0) is 6.42 Å². The van der Waals surface area contributed by atoms with Gasteiger partial charge < -0.3 is 5.73 Å². The molecule has 0 aromatic carbocycles. The highest BCUT2D eigenvalue weighted by molar-refractivity contribution is 5.85. The molecule has 1 aromatic heterocycles. The molecule has 1 unspecified atom stereocenters. The number of nitrogens with zero attached hydrogens (tertiary/aromatic N) is 1. The summed E-state index contributed by atoms with van der Waals surface area (Å²) < 4.78 is 0. The molecule has 0 fully saturated rings. The lowest BCUT2D eigenvalue weighted by Gasteiger charge is -2.20. The molecular formula is C9H13ClN2. The molecule has 66 valence electrons. The molecule has 1 aliphatic carbocycles. The van der Waals surface area contributed by atoms with E-state index in [1.807, 2.05) is 12.3 Å². The Kier molecular flexibility index (Phi) is 3.06. The van der Waals surface area contributed by atoms with Gasteiger partial charge in [-0.3, -0.25) is 4.98 Å². The molecule has 1 atom stereocenters. The molecule has 1 aromatic rings. The average molecular weight is 185 g/mol. The summed E-state index contributed by atoms with van der Waals surface area (Å²) in [5.74, 6) is 0. The molecule has 2 nitrogen and oxygen atoms in total. The van der Waals surface area contributed by atoms with Crippen molar-refractivity contribution in [1.82, 2.24) is 4.98 Å². The summed E-state index contributed by atoms with van der Waals surface area (Å²) in [5, 5.41) is 0. The van der Waals surface area contributed by atoms with Gasteiger partial charge in [0.25, 0.3) is 0 Å². The van der Waals surface area contributed by atoms with Crippen molar-refractivity contribution in [1.29, 1.82) is 0 Å². The third-order valence-corrected chi connectivity index (χ3v) is 2.25. The third kappa shape index (κ3) is 1.59. The zero-order valence-corrected chi connectivity index (χ0v) is 7.68. The molecule has 12 heavy (non-hydrogen) atoms. The van der Waals surface area contributed by atoms with E-state index in [4.69, 9.17) is 5.73 Å². The van der Waals surface area contributed by atoms with Gasteiger partial charge in [-0.15, -0.1) is 12.4 Å². The second-order valence-electron chi connectivity index (χ2n) is 3.04. The number of rotatable bonds is 0. The normalized spacial score (nSPS) is 20.9. The maximum atomic E-state index is 5.91. The van der Waals surface area contributed by atoms with Crippen LogP contribution < -0.4 is 5.73 Å². The molecular weight excluding hydrogens is 172 g/mol. The van der Waals surface area contributed by atoms with Crippen molar-refractivity contribution in [2.45, 2.75) is 25.3 Å². The van der Waals surface area contributed by atoms with Gasteiger partial charge in [0.1, 0.15) is 0 Å². The van der Waals surface area contributed by atoms with Crippen LogP contribution in [0.15, 0.2) is 18.3 Å². The maximum absolute atomic E-state index is 5.91. The quantitative estimate of drug-likeness (QED) is 0.669. The first-order chi connectivity index (χ1) is 5.38. The molecule has 1 aliphatic rings. The van der Waals surface area contributed by atoms with E-state index < -0.39 is 0 Å². The summed E-state index contributed by atoms with van der Waals surface area (Å²) in [5.41, 5.74) is 8.36. The van der Waals surface area contributed by atoms with Crippen molar-refractivity contribution in [3.05, 3.63) is 29.6 Å². The van der Waals surface area contributed by atoms with Crippen LogP contribution in [0.3, 0.4) is 0 Å². The highest BCUT2D eigenvalue weighted by atomic mass is 35.5. The molecule has 0 amide bonds. The Hall–Kier alpha value is -0.600. The number of aromatic nitrogens is 1. The fourth-order valence-corrected chi connectivity index (χ4v) is 1.64. The standard InChI is InChI=1S/C9H12N2.ClH/c10-8-4-1-5-9-7(8)3-2-6-11-9;/h2-3,6,8H,1,4-5,10H2;1H. The van der Waals surface area contributed by atoms with Gasteiger partial charge in [0.2, 0.25) is 0 Å². The van der Waals surface area contributed by atoms with Gasteiger partial charge in [0.05, 0.1) is 0 Å². The predicted octanol–water partition coefficient (Wildman–Crippen LogP) is 1.84. The minimum Gasteiger partial charge on any atom is -0.324 e. The number of hydrogen-bond donors (Lipinski definition) is 1. The number of fused-ring (bicyclic) bond motifs is 1. The number of hydrogen-bond acceptors (Lipinski definition) is 2. The van der Waals surface area contributed by atoms with E-state index in [0.717, 1.165) is 12.8 Å². The summed E-state index contributed by atoms with van der Waals surface area (Å²) in [6, 6.07) is 4.28. The smallest absolute Gasteiger partial charge is 0.0451 e. The molecule has 3 heteroatoms. The van der Waals surface area contributed by atoms with E-state index in [9.17, 15) is 0 Å². The van der Waals surface area contributed by atoms with Crippen LogP contribution in [0.4, 0.5) is 0 Å². The van der Waals surface area contributed by atoms with Crippen LogP contribution in [-0.4, -0.2) is 4.98 Å². The Morgan fingerprint density at radius 1 is 1.50 bits per heavy atom. The monoisotopic (exact) mass is 184 g/mol. The zero-order valence-electron chi connectivity index (χ0n) is 6.86. The SMILES string of the molecule is Cl.NC1CCCc2ncccc21. The third-order valence-electron chi connectivity index (χ3n) is 2.25. The van der Waals surface area contributed by atoms with E-state index in [0.29, 0.717) is 0 Å².